The third kappa shape index (κ3) is 4.00. The first-order valence-corrected chi connectivity index (χ1v) is 4.89. The van der Waals surface area contributed by atoms with E-state index in [1.807, 2.05) is 25.1 Å². The number of carboxylic acids is 1. The van der Waals surface area contributed by atoms with E-state index in [1.165, 1.54) is 0 Å². The number of carbonyl (C=O) groups is 1. The standard InChI is InChI=1S/C13H14O3/c1-10(9-13(14)15)5-3-6-11(2)12-7-4-8-16-12/h3-9H,1-2H3,(H,14,15)/b5-3+,10-9+,11-6+. The van der Waals surface area contributed by atoms with Crippen molar-refractivity contribution in [2.24, 2.45) is 0 Å². The molecule has 0 aliphatic carbocycles. The highest BCUT2D eigenvalue weighted by Crippen LogP contribution is 2.13. The number of allylic oxidation sites excluding steroid dienone is 5. The third-order valence-electron chi connectivity index (χ3n) is 1.97. The summed E-state index contributed by atoms with van der Waals surface area (Å²) in [5, 5.41) is 8.50. The zero-order chi connectivity index (χ0) is 12.0. The lowest BCUT2D eigenvalue weighted by atomic mass is 10.2. The maximum absolute atomic E-state index is 10.4. The minimum Gasteiger partial charge on any atom is -0.478 e. The third-order valence-corrected chi connectivity index (χ3v) is 1.97. The number of carboxylic acid groups (broad SMARTS) is 1. The molecular weight excluding hydrogens is 204 g/mol. The van der Waals surface area contributed by atoms with Crippen LogP contribution in [0.25, 0.3) is 5.57 Å². The van der Waals surface area contributed by atoms with Gasteiger partial charge in [0.05, 0.1) is 6.26 Å². The Bertz CT molecular complexity index is 434. The normalized spacial score (nSPS) is 13.4. The summed E-state index contributed by atoms with van der Waals surface area (Å²) >= 11 is 0. The predicted molar refractivity (Wildman–Crippen MR) is 62.9 cm³/mol. The van der Waals surface area contributed by atoms with E-state index in [-0.39, 0.29) is 0 Å². The van der Waals surface area contributed by atoms with Gasteiger partial charge in [-0.15, -0.1) is 0 Å². The van der Waals surface area contributed by atoms with Crippen LogP contribution in [0, 0.1) is 0 Å². The summed E-state index contributed by atoms with van der Waals surface area (Å²) in [5.41, 5.74) is 1.68. The van der Waals surface area contributed by atoms with E-state index >= 15 is 0 Å². The lowest BCUT2D eigenvalue weighted by Gasteiger charge is -1.92. The molecule has 3 heteroatoms. The molecule has 1 N–H and O–H groups in total. The van der Waals surface area contributed by atoms with E-state index in [0.29, 0.717) is 5.57 Å². The van der Waals surface area contributed by atoms with Gasteiger partial charge in [-0.25, -0.2) is 4.79 Å². The number of hydrogen-bond acceptors (Lipinski definition) is 2. The SMILES string of the molecule is CC(/C=C/C=C(\C)c1ccco1)=C\C(=O)O. The van der Waals surface area contributed by atoms with Crippen LogP contribution in [-0.2, 0) is 4.79 Å². The molecule has 0 amide bonds. The molecule has 0 spiro atoms. The van der Waals surface area contributed by atoms with Crippen LogP contribution in [0.3, 0.4) is 0 Å². The van der Waals surface area contributed by atoms with Crippen LogP contribution >= 0.6 is 0 Å². The van der Waals surface area contributed by atoms with Gasteiger partial charge < -0.3 is 9.52 Å². The fourth-order valence-electron chi connectivity index (χ4n) is 1.17. The zero-order valence-electron chi connectivity index (χ0n) is 9.31. The van der Waals surface area contributed by atoms with Crippen molar-refractivity contribution in [2.45, 2.75) is 13.8 Å². The first-order chi connectivity index (χ1) is 7.59. The molecule has 0 aromatic carbocycles. The van der Waals surface area contributed by atoms with Crippen molar-refractivity contribution in [3.05, 3.63) is 54.0 Å². The summed E-state index contributed by atoms with van der Waals surface area (Å²) in [6.07, 6.45) is 8.18. The van der Waals surface area contributed by atoms with Gasteiger partial charge in [0.1, 0.15) is 5.76 Å². The van der Waals surface area contributed by atoms with Gasteiger partial charge in [0.15, 0.2) is 0 Å². The second kappa shape index (κ2) is 5.75. The fraction of sp³-hybridized carbons (Fsp3) is 0.154. The second-order valence-corrected chi connectivity index (χ2v) is 3.41. The van der Waals surface area contributed by atoms with Crippen molar-refractivity contribution < 1.29 is 14.3 Å². The van der Waals surface area contributed by atoms with E-state index in [9.17, 15) is 4.79 Å². The molecule has 0 saturated carbocycles. The van der Waals surface area contributed by atoms with Crippen LogP contribution in [0.5, 0.6) is 0 Å². The molecule has 0 aliphatic heterocycles. The second-order valence-electron chi connectivity index (χ2n) is 3.41. The van der Waals surface area contributed by atoms with Crippen molar-refractivity contribution in [2.75, 3.05) is 0 Å². The van der Waals surface area contributed by atoms with Gasteiger partial charge in [-0.3, -0.25) is 0 Å². The minimum atomic E-state index is -0.936. The highest BCUT2D eigenvalue weighted by molar-refractivity contribution is 5.81. The molecule has 3 nitrogen and oxygen atoms in total. The van der Waals surface area contributed by atoms with E-state index in [0.717, 1.165) is 17.4 Å². The summed E-state index contributed by atoms with van der Waals surface area (Å²) in [6.45, 7) is 3.67. The lowest BCUT2D eigenvalue weighted by Crippen LogP contribution is -1.87. The Morgan fingerprint density at radius 2 is 2.19 bits per heavy atom. The Morgan fingerprint density at radius 1 is 1.44 bits per heavy atom. The van der Waals surface area contributed by atoms with Crippen molar-refractivity contribution >= 4 is 11.5 Å². The summed E-state index contributed by atoms with van der Waals surface area (Å²) in [4.78, 5) is 10.4. The Labute approximate surface area is 94.4 Å². The Balaban J connectivity index is 2.66. The first kappa shape index (κ1) is 12.0. The van der Waals surface area contributed by atoms with Crippen LogP contribution in [-0.4, -0.2) is 11.1 Å². The van der Waals surface area contributed by atoms with Gasteiger partial charge >= 0.3 is 5.97 Å². The molecule has 84 valence electrons. The van der Waals surface area contributed by atoms with Crippen LogP contribution < -0.4 is 0 Å². The van der Waals surface area contributed by atoms with E-state index < -0.39 is 5.97 Å². The number of aliphatic carboxylic acids is 1. The van der Waals surface area contributed by atoms with Crippen LogP contribution in [0.2, 0.25) is 0 Å². The Morgan fingerprint density at radius 3 is 2.75 bits per heavy atom. The Hall–Kier alpha value is -2.03. The molecule has 0 saturated heterocycles. The minimum absolute atomic E-state index is 0.691. The van der Waals surface area contributed by atoms with Gasteiger partial charge in [0.2, 0.25) is 0 Å². The monoisotopic (exact) mass is 218 g/mol. The van der Waals surface area contributed by atoms with Crippen molar-refractivity contribution in [1.29, 1.82) is 0 Å². The lowest BCUT2D eigenvalue weighted by molar-refractivity contribution is -0.131. The molecule has 0 radical (unpaired) electrons. The topological polar surface area (TPSA) is 50.4 Å². The number of furan rings is 1. The summed E-state index contributed by atoms with van der Waals surface area (Å²) < 4.78 is 5.21. The Kier molecular flexibility index (Phi) is 4.33. The fourth-order valence-corrected chi connectivity index (χ4v) is 1.17. The predicted octanol–water partition coefficient (Wildman–Crippen LogP) is 3.27. The largest absolute Gasteiger partial charge is 0.478 e. The van der Waals surface area contributed by atoms with Gasteiger partial charge in [-0.2, -0.15) is 0 Å². The molecule has 0 bridgehead atoms. The van der Waals surface area contributed by atoms with Crippen molar-refractivity contribution in [3.8, 4) is 0 Å². The highest BCUT2D eigenvalue weighted by atomic mass is 16.4. The molecule has 1 rings (SSSR count). The number of rotatable bonds is 4. The molecule has 1 heterocycles. The number of hydrogen-bond donors (Lipinski definition) is 1. The summed E-state index contributed by atoms with van der Waals surface area (Å²) in [5.74, 6) is -0.126. The van der Waals surface area contributed by atoms with Gasteiger partial charge in [0.25, 0.3) is 0 Å². The van der Waals surface area contributed by atoms with Gasteiger partial charge in [0, 0.05) is 6.08 Å². The van der Waals surface area contributed by atoms with E-state index in [2.05, 4.69) is 0 Å². The van der Waals surface area contributed by atoms with Crippen LogP contribution in [0.15, 0.2) is 52.7 Å². The maximum Gasteiger partial charge on any atom is 0.328 e. The molecule has 0 unspecified atom stereocenters. The van der Waals surface area contributed by atoms with Gasteiger partial charge in [-0.05, 0) is 37.1 Å². The average Bonchev–Trinajstić information content (AvgIpc) is 2.68. The quantitative estimate of drug-likeness (QED) is 0.623. The molecule has 0 fully saturated rings. The molecule has 16 heavy (non-hydrogen) atoms. The molecule has 1 aromatic heterocycles. The van der Waals surface area contributed by atoms with Crippen LogP contribution in [0.1, 0.15) is 19.6 Å². The van der Waals surface area contributed by atoms with E-state index in [1.54, 1.807) is 25.3 Å². The van der Waals surface area contributed by atoms with Crippen molar-refractivity contribution in [3.63, 3.8) is 0 Å². The summed E-state index contributed by atoms with van der Waals surface area (Å²) in [7, 11) is 0. The van der Waals surface area contributed by atoms with E-state index in [4.69, 9.17) is 9.52 Å². The smallest absolute Gasteiger partial charge is 0.328 e. The first-order valence-electron chi connectivity index (χ1n) is 4.89. The van der Waals surface area contributed by atoms with Gasteiger partial charge in [-0.1, -0.05) is 18.2 Å². The van der Waals surface area contributed by atoms with Crippen molar-refractivity contribution in [1.82, 2.24) is 0 Å². The zero-order valence-corrected chi connectivity index (χ0v) is 9.31. The highest BCUT2D eigenvalue weighted by Gasteiger charge is 1.95. The molecular formula is C13H14O3. The average molecular weight is 218 g/mol. The maximum atomic E-state index is 10.4. The summed E-state index contributed by atoms with van der Waals surface area (Å²) in [6, 6.07) is 3.70. The molecule has 0 aliphatic rings. The van der Waals surface area contributed by atoms with Crippen LogP contribution in [0.4, 0.5) is 0 Å². The molecule has 0 atom stereocenters. The molecule has 1 aromatic rings.